The van der Waals surface area contributed by atoms with Gasteiger partial charge < -0.3 is 10.1 Å². The quantitative estimate of drug-likeness (QED) is 0.911. The molecule has 3 heterocycles. The molecule has 5 nitrogen and oxygen atoms in total. The van der Waals surface area contributed by atoms with Crippen molar-refractivity contribution in [1.29, 1.82) is 0 Å². The van der Waals surface area contributed by atoms with Gasteiger partial charge in [0.1, 0.15) is 5.82 Å². The molecule has 6 heteroatoms. The summed E-state index contributed by atoms with van der Waals surface area (Å²) < 4.78 is 20.1. The molecule has 138 valence electrons. The van der Waals surface area contributed by atoms with Crippen molar-refractivity contribution in [2.45, 2.75) is 43.9 Å². The molecule has 1 N–H and O–H groups in total. The van der Waals surface area contributed by atoms with E-state index in [4.69, 9.17) is 4.74 Å². The Labute approximate surface area is 153 Å². The second-order valence-corrected chi connectivity index (χ2v) is 7.31. The highest BCUT2D eigenvalue weighted by Gasteiger charge is 2.40. The Kier molecular flexibility index (Phi) is 5.13. The van der Waals surface area contributed by atoms with Crippen molar-refractivity contribution in [3.05, 3.63) is 54.1 Å². The minimum absolute atomic E-state index is 0.0730. The molecule has 4 rings (SSSR count). The predicted octanol–water partition coefficient (Wildman–Crippen LogP) is 3.24. The van der Waals surface area contributed by atoms with Crippen molar-refractivity contribution in [2.75, 3.05) is 25.0 Å². The largest absolute Gasteiger partial charge is 0.375 e. The van der Waals surface area contributed by atoms with Crippen LogP contribution < -0.4 is 5.32 Å². The van der Waals surface area contributed by atoms with E-state index in [1.165, 1.54) is 6.07 Å². The topological polar surface area (TPSA) is 50.3 Å². The Morgan fingerprint density at radius 1 is 1.15 bits per heavy atom. The SMILES string of the molecule is Fc1ccccc1CN1CCC2(CC1)CC(Nc1ncccn1)CCO2. The molecule has 0 bridgehead atoms. The van der Waals surface area contributed by atoms with E-state index in [0.717, 1.165) is 50.9 Å². The lowest BCUT2D eigenvalue weighted by Crippen LogP contribution is -2.51. The molecule has 0 radical (unpaired) electrons. The number of hydrogen-bond acceptors (Lipinski definition) is 5. The maximum absolute atomic E-state index is 13.9. The average Bonchev–Trinajstić information content (AvgIpc) is 2.67. The number of nitrogens with zero attached hydrogens (tertiary/aromatic N) is 3. The number of benzene rings is 1. The molecule has 2 aromatic rings. The van der Waals surface area contributed by atoms with Crippen molar-refractivity contribution in [1.82, 2.24) is 14.9 Å². The van der Waals surface area contributed by atoms with Gasteiger partial charge in [0.05, 0.1) is 5.60 Å². The Morgan fingerprint density at radius 2 is 1.92 bits per heavy atom. The van der Waals surface area contributed by atoms with Crippen molar-refractivity contribution in [3.8, 4) is 0 Å². The van der Waals surface area contributed by atoms with Gasteiger partial charge in [-0.15, -0.1) is 0 Å². The zero-order valence-corrected chi connectivity index (χ0v) is 14.9. The lowest BCUT2D eigenvalue weighted by Gasteiger charge is -2.46. The van der Waals surface area contributed by atoms with Gasteiger partial charge in [0.25, 0.3) is 0 Å². The Bertz CT molecular complexity index is 719. The molecule has 0 amide bonds. The summed E-state index contributed by atoms with van der Waals surface area (Å²) in [5, 5.41) is 3.45. The van der Waals surface area contributed by atoms with E-state index in [9.17, 15) is 4.39 Å². The molecule has 1 aromatic carbocycles. The van der Waals surface area contributed by atoms with Crippen LogP contribution in [0.2, 0.25) is 0 Å². The number of hydrogen-bond donors (Lipinski definition) is 1. The Morgan fingerprint density at radius 3 is 2.69 bits per heavy atom. The van der Waals surface area contributed by atoms with Crippen LogP contribution in [0, 0.1) is 5.82 Å². The molecule has 1 atom stereocenters. The number of piperidine rings is 1. The van der Waals surface area contributed by atoms with Crippen molar-refractivity contribution >= 4 is 5.95 Å². The van der Waals surface area contributed by atoms with E-state index in [0.29, 0.717) is 18.5 Å². The molecule has 2 aliphatic rings. The number of anilines is 1. The molecule has 2 aliphatic heterocycles. The van der Waals surface area contributed by atoms with Crippen LogP contribution in [0.1, 0.15) is 31.2 Å². The summed E-state index contributed by atoms with van der Waals surface area (Å²) in [5.41, 5.74) is 0.699. The van der Waals surface area contributed by atoms with Crippen molar-refractivity contribution in [3.63, 3.8) is 0 Å². The van der Waals surface area contributed by atoms with Crippen molar-refractivity contribution in [2.24, 2.45) is 0 Å². The van der Waals surface area contributed by atoms with E-state index in [1.54, 1.807) is 18.5 Å². The van der Waals surface area contributed by atoms with Crippen LogP contribution in [-0.4, -0.2) is 46.2 Å². The van der Waals surface area contributed by atoms with Gasteiger partial charge in [0.2, 0.25) is 5.95 Å². The Hall–Kier alpha value is -2.05. The number of nitrogens with one attached hydrogen (secondary N) is 1. The highest BCUT2D eigenvalue weighted by atomic mass is 19.1. The number of rotatable bonds is 4. The maximum atomic E-state index is 13.9. The highest BCUT2D eigenvalue weighted by Crippen LogP contribution is 2.36. The first kappa shape index (κ1) is 17.4. The zero-order chi connectivity index (χ0) is 17.8. The van der Waals surface area contributed by atoms with Crippen LogP contribution in [0.4, 0.5) is 10.3 Å². The van der Waals surface area contributed by atoms with Gasteiger partial charge in [-0.25, -0.2) is 14.4 Å². The minimum atomic E-state index is -0.117. The fourth-order valence-electron chi connectivity index (χ4n) is 4.04. The van der Waals surface area contributed by atoms with Crippen LogP contribution >= 0.6 is 0 Å². The summed E-state index contributed by atoms with van der Waals surface area (Å²) in [6.07, 6.45) is 7.42. The molecule has 0 aliphatic carbocycles. The smallest absolute Gasteiger partial charge is 0.222 e. The van der Waals surface area contributed by atoms with E-state index >= 15 is 0 Å². The molecular formula is C20H25FN4O. The van der Waals surface area contributed by atoms with Crippen LogP contribution in [0.5, 0.6) is 0 Å². The molecule has 1 unspecified atom stereocenters. The first-order valence-corrected chi connectivity index (χ1v) is 9.36. The summed E-state index contributed by atoms with van der Waals surface area (Å²) in [5.74, 6) is 0.570. The second kappa shape index (κ2) is 7.68. The highest BCUT2D eigenvalue weighted by molar-refractivity contribution is 5.25. The van der Waals surface area contributed by atoms with Gasteiger partial charge in [-0.1, -0.05) is 18.2 Å². The average molecular weight is 356 g/mol. The standard InChI is InChI=1S/C20H25FN4O/c21-18-5-2-1-4-16(18)15-25-11-7-20(8-12-25)14-17(6-13-26-20)24-19-22-9-3-10-23-19/h1-5,9-10,17H,6-8,11-15H2,(H,22,23,24). The summed E-state index contributed by atoms with van der Waals surface area (Å²) in [7, 11) is 0. The number of likely N-dealkylation sites (tertiary alicyclic amines) is 1. The molecule has 2 saturated heterocycles. The van der Waals surface area contributed by atoms with Gasteiger partial charge in [0, 0.05) is 50.2 Å². The van der Waals surface area contributed by atoms with Crippen LogP contribution in [-0.2, 0) is 11.3 Å². The summed E-state index contributed by atoms with van der Waals surface area (Å²) in [6.45, 7) is 3.30. The van der Waals surface area contributed by atoms with E-state index < -0.39 is 0 Å². The summed E-state index contributed by atoms with van der Waals surface area (Å²) >= 11 is 0. The lowest BCUT2D eigenvalue weighted by molar-refractivity contribution is -0.115. The normalized spacial score (nSPS) is 23.0. The summed E-state index contributed by atoms with van der Waals surface area (Å²) in [4.78, 5) is 10.9. The van der Waals surface area contributed by atoms with Crippen LogP contribution in [0.25, 0.3) is 0 Å². The fraction of sp³-hybridized carbons (Fsp3) is 0.500. The van der Waals surface area contributed by atoms with Gasteiger partial charge in [-0.3, -0.25) is 4.90 Å². The summed E-state index contributed by atoms with van der Waals surface area (Å²) in [6, 6.07) is 9.20. The van der Waals surface area contributed by atoms with Gasteiger partial charge >= 0.3 is 0 Å². The number of aromatic nitrogens is 2. The van der Waals surface area contributed by atoms with E-state index in [2.05, 4.69) is 20.2 Å². The zero-order valence-electron chi connectivity index (χ0n) is 14.9. The second-order valence-electron chi connectivity index (χ2n) is 7.31. The molecule has 2 fully saturated rings. The van der Waals surface area contributed by atoms with Crippen LogP contribution in [0.15, 0.2) is 42.7 Å². The monoisotopic (exact) mass is 356 g/mol. The molecule has 0 saturated carbocycles. The first-order valence-electron chi connectivity index (χ1n) is 9.36. The first-order chi connectivity index (χ1) is 12.7. The Balaban J connectivity index is 1.33. The molecule has 1 aromatic heterocycles. The third-order valence-corrected chi connectivity index (χ3v) is 5.51. The van der Waals surface area contributed by atoms with Gasteiger partial charge in [-0.05, 0) is 37.8 Å². The maximum Gasteiger partial charge on any atom is 0.222 e. The van der Waals surface area contributed by atoms with Crippen molar-refractivity contribution < 1.29 is 9.13 Å². The minimum Gasteiger partial charge on any atom is -0.375 e. The molecule has 26 heavy (non-hydrogen) atoms. The predicted molar refractivity (Wildman–Crippen MR) is 98.3 cm³/mol. The third kappa shape index (κ3) is 4.02. The fourth-order valence-corrected chi connectivity index (χ4v) is 4.04. The van der Waals surface area contributed by atoms with Gasteiger partial charge in [0.15, 0.2) is 0 Å². The van der Waals surface area contributed by atoms with Crippen LogP contribution in [0.3, 0.4) is 0 Å². The third-order valence-electron chi connectivity index (χ3n) is 5.51. The molecular weight excluding hydrogens is 331 g/mol. The number of halogens is 1. The van der Waals surface area contributed by atoms with Gasteiger partial charge in [-0.2, -0.15) is 0 Å². The lowest BCUT2D eigenvalue weighted by atomic mass is 9.82. The van der Waals surface area contributed by atoms with E-state index in [1.807, 2.05) is 18.2 Å². The van der Waals surface area contributed by atoms with E-state index in [-0.39, 0.29) is 11.4 Å². The molecule has 1 spiro atoms. The number of ether oxygens (including phenoxy) is 1.